The number of pyridine rings is 2. The Hall–Kier alpha value is -3.54. The van der Waals surface area contributed by atoms with Crippen molar-refractivity contribution in [1.29, 1.82) is 0 Å². The number of benzene rings is 3. The maximum absolute atomic E-state index is 13.8. The van der Waals surface area contributed by atoms with Gasteiger partial charge in [-0.05, 0) is 53.4 Å². The van der Waals surface area contributed by atoms with Gasteiger partial charge in [-0.1, -0.05) is 35.9 Å². The van der Waals surface area contributed by atoms with Gasteiger partial charge in [0.15, 0.2) is 0 Å². The first-order valence-corrected chi connectivity index (χ1v) is 11.2. The molecule has 3 nitrogen and oxygen atoms in total. The molecule has 154 valence electrons. The van der Waals surface area contributed by atoms with Crippen LogP contribution in [0, 0.1) is 5.82 Å². The van der Waals surface area contributed by atoms with Crippen LogP contribution < -0.4 is 5.56 Å². The van der Waals surface area contributed by atoms with Gasteiger partial charge in [0.25, 0.3) is 5.56 Å². The molecule has 0 fully saturated rings. The van der Waals surface area contributed by atoms with E-state index in [1.807, 2.05) is 18.2 Å². The SMILES string of the molecule is O=c1ccc2cnc3ccc(-c4csc5ccccc45)cc3c2n1-c1ccc(F)c(Cl)c1. The van der Waals surface area contributed by atoms with Crippen LogP contribution in [0.15, 0.2) is 89.2 Å². The summed E-state index contributed by atoms with van der Waals surface area (Å²) in [5.74, 6) is -0.526. The number of rotatable bonds is 2. The van der Waals surface area contributed by atoms with Gasteiger partial charge in [0, 0.05) is 38.7 Å². The first kappa shape index (κ1) is 19.2. The fourth-order valence-corrected chi connectivity index (χ4v) is 5.31. The molecular weight excluding hydrogens is 443 g/mol. The van der Waals surface area contributed by atoms with Gasteiger partial charge in [0.1, 0.15) is 5.82 Å². The van der Waals surface area contributed by atoms with E-state index in [1.165, 1.54) is 28.3 Å². The minimum atomic E-state index is -0.526. The molecule has 0 N–H and O–H groups in total. The summed E-state index contributed by atoms with van der Waals surface area (Å²) >= 11 is 7.73. The van der Waals surface area contributed by atoms with Crippen molar-refractivity contribution in [3.63, 3.8) is 0 Å². The fraction of sp³-hybridized carbons (Fsp3) is 0. The lowest BCUT2D eigenvalue weighted by atomic mass is 10.0. The zero-order valence-electron chi connectivity index (χ0n) is 16.5. The Morgan fingerprint density at radius 1 is 0.938 bits per heavy atom. The van der Waals surface area contributed by atoms with Crippen molar-refractivity contribution in [2.75, 3.05) is 0 Å². The monoisotopic (exact) mass is 456 g/mol. The van der Waals surface area contributed by atoms with Crippen LogP contribution in [-0.2, 0) is 0 Å². The summed E-state index contributed by atoms with van der Waals surface area (Å²) in [6, 6.07) is 21.9. The van der Waals surface area contributed by atoms with E-state index in [0.29, 0.717) is 11.2 Å². The van der Waals surface area contributed by atoms with E-state index in [2.05, 4.69) is 34.6 Å². The average molecular weight is 457 g/mol. The zero-order chi connectivity index (χ0) is 21.8. The quantitative estimate of drug-likeness (QED) is 0.258. The molecule has 0 atom stereocenters. The number of hydrogen-bond acceptors (Lipinski definition) is 3. The lowest BCUT2D eigenvalue weighted by Crippen LogP contribution is -2.17. The Balaban J connectivity index is 1.70. The first-order chi connectivity index (χ1) is 15.6. The highest BCUT2D eigenvalue weighted by Gasteiger charge is 2.14. The highest BCUT2D eigenvalue weighted by molar-refractivity contribution is 7.17. The Kier molecular flexibility index (Phi) is 4.35. The van der Waals surface area contributed by atoms with Crippen molar-refractivity contribution in [2.24, 2.45) is 0 Å². The van der Waals surface area contributed by atoms with Crippen LogP contribution in [-0.4, -0.2) is 9.55 Å². The van der Waals surface area contributed by atoms with E-state index in [4.69, 9.17) is 11.6 Å². The molecule has 6 heteroatoms. The lowest BCUT2D eigenvalue weighted by Gasteiger charge is -2.13. The Labute approximate surface area is 191 Å². The van der Waals surface area contributed by atoms with Crippen LogP contribution in [0.4, 0.5) is 4.39 Å². The number of nitrogens with zero attached hydrogens (tertiary/aromatic N) is 2. The van der Waals surface area contributed by atoms with Crippen molar-refractivity contribution in [3.05, 3.63) is 106 Å². The van der Waals surface area contributed by atoms with Crippen LogP contribution in [0.5, 0.6) is 0 Å². The van der Waals surface area contributed by atoms with Crippen LogP contribution in [0.25, 0.3) is 48.7 Å². The molecule has 0 aliphatic carbocycles. The second kappa shape index (κ2) is 7.26. The summed E-state index contributed by atoms with van der Waals surface area (Å²) in [6.45, 7) is 0. The predicted molar refractivity (Wildman–Crippen MR) is 131 cm³/mol. The Morgan fingerprint density at radius 2 is 1.81 bits per heavy atom. The van der Waals surface area contributed by atoms with E-state index >= 15 is 0 Å². The molecule has 0 spiro atoms. The van der Waals surface area contributed by atoms with E-state index in [9.17, 15) is 9.18 Å². The van der Waals surface area contributed by atoms with E-state index in [0.717, 1.165) is 27.4 Å². The molecular formula is C26H14ClFN2OS. The molecule has 3 aromatic carbocycles. The van der Waals surface area contributed by atoms with Gasteiger partial charge in [0.2, 0.25) is 0 Å². The normalized spacial score (nSPS) is 11.6. The molecule has 0 aliphatic rings. The van der Waals surface area contributed by atoms with Crippen LogP contribution in [0.1, 0.15) is 0 Å². The molecule has 6 rings (SSSR count). The summed E-state index contributed by atoms with van der Waals surface area (Å²) < 4.78 is 16.6. The number of thiophene rings is 1. The third-order valence-corrected chi connectivity index (χ3v) is 6.92. The van der Waals surface area contributed by atoms with Crippen LogP contribution in [0.3, 0.4) is 0 Å². The molecule has 0 bridgehead atoms. The molecule has 0 saturated carbocycles. The summed E-state index contributed by atoms with van der Waals surface area (Å²) in [6.07, 6.45) is 1.75. The summed E-state index contributed by atoms with van der Waals surface area (Å²) in [5, 5.41) is 4.96. The molecule has 3 aromatic heterocycles. The van der Waals surface area contributed by atoms with E-state index in [-0.39, 0.29) is 10.6 Å². The average Bonchev–Trinajstić information content (AvgIpc) is 3.25. The summed E-state index contributed by atoms with van der Waals surface area (Å²) in [7, 11) is 0. The fourth-order valence-electron chi connectivity index (χ4n) is 4.16. The van der Waals surface area contributed by atoms with Gasteiger partial charge < -0.3 is 0 Å². The van der Waals surface area contributed by atoms with Crippen molar-refractivity contribution in [2.45, 2.75) is 0 Å². The summed E-state index contributed by atoms with van der Waals surface area (Å²) in [4.78, 5) is 17.6. The van der Waals surface area contributed by atoms with Gasteiger partial charge >= 0.3 is 0 Å². The Morgan fingerprint density at radius 3 is 2.69 bits per heavy atom. The van der Waals surface area contributed by atoms with Gasteiger partial charge in [-0.2, -0.15) is 0 Å². The topological polar surface area (TPSA) is 34.9 Å². The predicted octanol–water partition coefficient (Wildman–Crippen LogP) is 7.21. The highest BCUT2D eigenvalue weighted by atomic mass is 35.5. The van der Waals surface area contributed by atoms with Gasteiger partial charge in [0.05, 0.1) is 21.7 Å². The largest absolute Gasteiger partial charge is 0.276 e. The number of hydrogen-bond donors (Lipinski definition) is 0. The molecule has 0 unspecified atom stereocenters. The van der Waals surface area contributed by atoms with Gasteiger partial charge in [-0.3, -0.25) is 14.3 Å². The zero-order valence-corrected chi connectivity index (χ0v) is 18.1. The molecule has 6 aromatic rings. The Bertz CT molecular complexity index is 1740. The maximum atomic E-state index is 13.8. The standard InChI is InChI=1S/C26H14ClFN2OS/c27-21-12-17(7-8-22(21)28)30-25(31)10-6-16-13-29-23-9-5-15(11-19(23)26(16)30)20-14-32-24-4-2-1-3-18(20)24/h1-14H. The van der Waals surface area contributed by atoms with Crippen LogP contribution >= 0.6 is 22.9 Å². The third kappa shape index (κ3) is 2.93. The maximum Gasteiger partial charge on any atom is 0.255 e. The van der Waals surface area contributed by atoms with Crippen molar-refractivity contribution < 1.29 is 4.39 Å². The highest BCUT2D eigenvalue weighted by Crippen LogP contribution is 2.36. The lowest BCUT2D eigenvalue weighted by molar-refractivity contribution is 0.628. The molecule has 32 heavy (non-hydrogen) atoms. The van der Waals surface area contributed by atoms with Crippen molar-refractivity contribution in [1.82, 2.24) is 9.55 Å². The first-order valence-electron chi connectivity index (χ1n) is 9.97. The van der Waals surface area contributed by atoms with E-state index < -0.39 is 5.82 Å². The van der Waals surface area contributed by atoms with Gasteiger partial charge in [-0.25, -0.2) is 4.39 Å². The smallest absolute Gasteiger partial charge is 0.255 e. The molecule has 0 amide bonds. The minimum Gasteiger partial charge on any atom is -0.276 e. The number of aromatic nitrogens is 2. The van der Waals surface area contributed by atoms with Crippen molar-refractivity contribution in [3.8, 4) is 16.8 Å². The molecule has 0 radical (unpaired) electrons. The van der Waals surface area contributed by atoms with Crippen molar-refractivity contribution >= 4 is 54.8 Å². The summed E-state index contributed by atoms with van der Waals surface area (Å²) in [5.41, 5.74) is 3.95. The van der Waals surface area contributed by atoms with E-state index in [1.54, 1.807) is 34.2 Å². The minimum absolute atomic E-state index is 0.0322. The molecule has 3 heterocycles. The number of halogens is 2. The second-order valence-corrected chi connectivity index (χ2v) is 8.86. The second-order valence-electron chi connectivity index (χ2n) is 7.55. The van der Waals surface area contributed by atoms with Crippen LogP contribution in [0.2, 0.25) is 5.02 Å². The van der Waals surface area contributed by atoms with Gasteiger partial charge in [-0.15, -0.1) is 11.3 Å². The third-order valence-electron chi connectivity index (χ3n) is 5.67. The molecule has 0 aliphatic heterocycles. The molecule has 0 saturated heterocycles. The number of fused-ring (bicyclic) bond motifs is 4.